The molecule has 2 fully saturated rings. The Hall–Kier alpha value is -1.34. The van der Waals surface area contributed by atoms with Crippen molar-refractivity contribution in [3.05, 3.63) is 46.7 Å². The van der Waals surface area contributed by atoms with Crippen LogP contribution in [0.5, 0.6) is 0 Å². The molecule has 0 aromatic carbocycles. The summed E-state index contributed by atoms with van der Waals surface area (Å²) in [6.45, 7) is 4.16. The molecule has 1 saturated carbocycles. The van der Waals surface area contributed by atoms with Gasteiger partial charge in [0.2, 0.25) is 0 Å². The van der Waals surface area contributed by atoms with Gasteiger partial charge in [-0.15, -0.1) is 11.3 Å². The number of fused-ring (bicyclic) bond motifs is 1. The normalized spacial score (nSPS) is 27.2. The van der Waals surface area contributed by atoms with E-state index in [9.17, 15) is 0 Å². The molecule has 2 aromatic rings. The fourth-order valence-electron chi connectivity index (χ4n) is 3.86. The highest BCUT2D eigenvalue weighted by molar-refractivity contribution is 7.09. The number of thiazole rings is 1. The van der Waals surface area contributed by atoms with Gasteiger partial charge in [0.1, 0.15) is 5.01 Å². The minimum absolute atomic E-state index is 0.298. The van der Waals surface area contributed by atoms with Crippen molar-refractivity contribution in [3.8, 4) is 0 Å². The number of morpholine rings is 1. The second-order valence-corrected chi connectivity index (χ2v) is 7.49. The molecule has 24 heavy (non-hydrogen) atoms. The van der Waals surface area contributed by atoms with Gasteiger partial charge in [0.25, 0.3) is 0 Å². The number of nitrogens with zero attached hydrogens (tertiary/aromatic N) is 3. The second-order valence-electron chi connectivity index (χ2n) is 6.51. The zero-order valence-electron chi connectivity index (χ0n) is 13.7. The van der Waals surface area contributed by atoms with Crippen molar-refractivity contribution in [1.29, 1.82) is 0 Å². The first-order valence-corrected chi connectivity index (χ1v) is 9.49. The highest BCUT2D eigenvalue weighted by Gasteiger charge is 2.42. The lowest BCUT2D eigenvalue weighted by molar-refractivity contribution is -0.0891. The Morgan fingerprint density at radius 1 is 1.33 bits per heavy atom. The summed E-state index contributed by atoms with van der Waals surface area (Å²) in [6.07, 6.45) is 8.29. The molecule has 1 aliphatic heterocycles. The van der Waals surface area contributed by atoms with E-state index in [1.807, 2.05) is 30.0 Å². The third-order valence-electron chi connectivity index (χ3n) is 4.98. The molecule has 6 heteroatoms. The maximum Gasteiger partial charge on any atom is 0.118 e. The van der Waals surface area contributed by atoms with Gasteiger partial charge in [-0.25, -0.2) is 4.98 Å². The van der Waals surface area contributed by atoms with Crippen LogP contribution in [-0.2, 0) is 22.6 Å². The molecule has 3 heterocycles. The fourth-order valence-corrected chi connectivity index (χ4v) is 4.41. The van der Waals surface area contributed by atoms with Crippen molar-refractivity contribution in [1.82, 2.24) is 14.9 Å². The SMILES string of the molecule is c1cncc(CN2CCO[C@@H]3[C@@H](COCc4nccs4)CC[C@@H]32)c1. The molecule has 0 N–H and O–H groups in total. The van der Waals surface area contributed by atoms with Crippen LogP contribution in [0.1, 0.15) is 23.4 Å². The Morgan fingerprint density at radius 2 is 2.33 bits per heavy atom. The van der Waals surface area contributed by atoms with Gasteiger partial charge in [0, 0.05) is 49.0 Å². The lowest BCUT2D eigenvalue weighted by Gasteiger charge is -2.39. The minimum atomic E-state index is 0.298. The second kappa shape index (κ2) is 7.70. The molecule has 0 spiro atoms. The van der Waals surface area contributed by atoms with Crippen molar-refractivity contribution >= 4 is 11.3 Å². The van der Waals surface area contributed by atoms with Crippen LogP contribution in [0, 0.1) is 5.92 Å². The van der Waals surface area contributed by atoms with E-state index in [4.69, 9.17) is 9.47 Å². The topological polar surface area (TPSA) is 47.5 Å². The van der Waals surface area contributed by atoms with E-state index in [1.165, 1.54) is 18.4 Å². The molecule has 5 nitrogen and oxygen atoms in total. The largest absolute Gasteiger partial charge is 0.375 e. The molecule has 1 aliphatic carbocycles. The molecule has 0 amide bonds. The Bertz CT molecular complexity index is 622. The van der Waals surface area contributed by atoms with E-state index in [2.05, 4.69) is 20.9 Å². The van der Waals surface area contributed by atoms with Gasteiger partial charge >= 0.3 is 0 Å². The standard InChI is InChI=1S/C18H23N3O2S/c1-2-14(10-19-5-1)11-21-7-8-23-18-15(3-4-16(18)21)12-22-13-17-20-6-9-24-17/h1-2,5-6,9-10,15-16,18H,3-4,7-8,11-13H2/t15-,16+,18-/m1/s1. The zero-order valence-corrected chi connectivity index (χ0v) is 14.5. The van der Waals surface area contributed by atoms with Crippen molar-refractivity contribution in [3.63, 3.8) is 0 Å². The van der Waals surface area contributed by atoms with Gasteiger partial charge in [-0.05, 0) is 24.5 Å². The molecular formula is C18H23N3O2S. The van der Waals surface area contributed by atoms with Crippen molar-refractivity contribution in [2.45, 2.75) is 38.1 Å². The molecule has 0 unspecified atom stereocenters. The van der Waals surface area contributed by atoms with Crippen molar-refractivity contribution in [2.24, 2.45) is 5.92 Å². The summed E-state index contributed by atoms with van der Waals surface area (Å²) in [7, 11) is 0. The predicted molar refractivity (Wildman–Crippen MR) is 92.7 cm³/mol. The van der Waals surface area contributed by atoms with E-state index >= 15 is 0 Å². The van der Waals surface area contributed by atoms with Crippen LogP contribution in [0.4, 0.5) is 0 Å². The molecule has 2 aromatic heterocycles. The first kappa shape index (κ1) is 16.1. The van der Waals surface area contributed by atoms with E-state index in [0.29, 0.717) is 24.7 Å². The van der Waals surface area contributed by atoms with Crippen LogP contribution in [0.25, 0.3) is 0 Å². The highest BCUT2D eigenvalue weighted by Crippen LogP contribution is 2.35. The number of pyridine rings is 1. The molecule has 128 valence electrons. The van der Waals surface area contributed by atoms with Gasteiger partial charge in [-0.2, -0.15) is 0 Å². The summed E-state index contributed by atoms with van der Waals surface area (Å²) >= 11 is 1.65. The molecule has 1 saturated heterocycles. The smallest absolute Gasteiger partial charge is 0.118 e. The summed E-state index contributed by atoms with van der Waals surface area (Å²) in [4.78, 5) is 11.1. The Morgan fingerprint density at radius 3 is 3.17 bits per heavy atom. The number of hydrogen-bond acceptors (Lipinski definition) is 6. The summed E-state index contributed by atoms with van der Waals surface area (Å²) in [5.74, 6) is 0.492. The van der Waals surface area contributed by atoms with E-state index in [-0.39, 0.29) is 0 Å². The van der Waals surface area contributed by atoms with Gasteiger partial charge in [0.05, 0.1) is 25.9 Å². The quantitative estimate of drug-likeness (QED) is 0.806. The third kappa shape index (κ3) is 3.67. The van der Waals surface area contributed by atoms with Crippen LogP contribution < -0.4 is 0 Å². The maximum absolute atomic E-state index is 6.12. The number of rotatable bonds is 6. The van der Waals surface area contributed by atoms with Crippen LogP contribution in [0.15, 0.2) is 36.1 Å². The monoisotopic (exact) mass is 345 g/mol. The average Bonchev–Trinajstić information content (AvgIpc) is 3.27. The van der Waals surface area contributed by atoms with Crippen LogP contribution in [-0.4, -0.2) is 46.8 Å². The third-order valence-corrected chi connectivity index (χ3v) is 5.74. The molecule has 0 radical (unpaired) electrons. The lowest BCUT2D eigenvalue weighted by Crippen LogP contribution is -2.50. The Balaban J connectivity index is 1.32. The maximum atomic E-state index is 6.12. The summed E-state index contributed by atoms with van der Waals surface area (Å²) in [6, 6.07) is 4.67. The van der Waals surface area contributed by atoms with Gasteiger partial charge in [0.15, 0.2) is 0 Å². The number of ether oxygens (including phenoxy) is 2. The summed E-state index contributed by atoms with van der Waals surface area (Å²) in [5, 5.41) is 3.04. The fraction of sp³-hybridized carbons (Fsp3) is 0.556. The van der Waals surface area contributed by atoms with Gasteiger partial charge in [-0.1, -0.05) is 6.07 Å². The first-order chi connectivity index (χ1) is 11.9. The minimum Gasteiger partial charge on any atom is -0.375 e. The Kier molecular flexibility index (Phi) is 5.18. The average molecular weight is 345 g/mol. The summed E-state index contributed by atoms with van der Waals surface area (Å²) in [5.41, 5.74) is 1.28. The molecule has 0 bridgehead atoms. The van der Waals surface area contributed by atoms with E-state index in [1.54, 1.807) is 11.3 Å². The summed E-state index contributed by atoms with van der Waals surface area (Å²) < 4.78 is 12.0. The first-order valence-electron chi connectivity index (χ1n) is 8.61. The van der Waals surface area contributed by atoms with E-state index in [0.717, 1.165) is 31.3 Å². The van der Waals surface area contributed by atoms with E-state index < -0.39 is 0 Å². The van der Waals surface area contributed by atoms with Crippen LogP contribution in [0.2, 0.25) is 0 Å². The molecular weight excluding hydrogens is 322 g/mol. The van der Waals surface area contributed by atoms with Crippen molar-refractivity contribution in [2.75, 3.05) is 19.8 Å². The lowest BCUT2D eigenvalue weighted by atomic mass is 10.0. The zero-order chi connectivity index (χ0) is 16.2. The van der Waals surface area contributed by atoms with Gasteiger partial charge < -0.3 is 9.47 Å². The number of aromatic nitrogens is 2. The molecule has 4 rings (SSSR count). The van der Waals surface area contributed by atoms with Crippen molar-refractivity contribution < 1.29 is 9.47 Å². The number of hydrogen-bond donors (Lipinski definition) is 0. The molecule has 2 aliphatic rings. The Labute approximate surface area is 146 Å². The predicted octanol–water partition coefficient (Wildman–Crippen LogP) is 2.73. The highest BCUT2D eigenvalue weighted by atomic mass is 32.1. The van der Waals surface area contributed by atoms with Crippen LogP contribution >= 0.6 is 11.3 Å². The molecule has 3 atom stereocenters. The van der Waals surface area contributed by atoms with Crippen LogP contribution in [0.3, 0.4) is 0 Å². The van der Waals surface area contributed by atoms with Gasteiger partial charge in [-0.3, -0.25) is 9.88 Å².